The Labute approximate surface area is 150 Å². The summed E-state index contributed by atoms with van der Waals surface area (Å²) in [7, 11) is 0. The minimum absolute atomic E-state index is 0.0399. The van der Waals surface area contributed by atoms with Gasteiger partial charge in [-0.05, 0) is 37.1 Å². The number of fused-ring (bicyclic) bond motifs is 1. The van der Waals surface area contributed by atoms with Gasteiger partial charge >= 0.3 is 0 Å². The summed E-state index contributed by atoms with van der Waals surface area (Å²) < 4.78 is 7.76. The predicted molar refractivity (Wildman–Crippen MR) is 95.5 cm³/mol. The van der Waals surface area contributed by atoms with E-state index in [-0.39, 0.29) is 11.9 Å². The smallest absolute Gasteiger partial charge is 0.217 e. The number of nitrogens with zero attached hydrogens (tertiary/aromatic N) is 4. The molecule has 4 heterocycles. The molecular formula is C19H19N5O2. The van der Waals surface area contributed by atoms with Crippen molar-refractivity contribution in [2.45, 2.75) is 32.4 Å². The number of aromatic nitrogens is 2. The summed E-state index contributed by atoms with van der Waals surface area (Å²) in [6.45, 7) is 2.68. The number of nitriles is 1. The van der Waals surface area contributed by atoms with Crippen molar-refractivity contribution in [3.63, 3.8) is 0 Å². The van der Waals surface area contributed by atoms with E-state index in [0.717, 1.165) is 36.6 Å². The van der Waals surface area contributed by atoms with E-state index >= 15 is 0 Å². The number of carbonyl (C=O) groups excluding carboxylic acids is 1. The van der Waals surface area contributed by atoms with Crippen LogP contribution in [0.5, 0.6) is 0 Å². The van der Waals surface area contributed by atoms with E-state index in [1.807, 2.05) is 40.9 Å². The molecule has 1 amide bonds. The molecule has 7 nitrogen and oxygen atoms in total. The van der Waals surface area contributed by atoms with Crippen molar-refractivity contribution < 1.29 is 9.21 Å². The first-order chi connectivity index (χ1) is 12.7. The van der Waals surface area contributed by atoms with Gasteiger partial charge < -0.3 is 14.6 Å². The number of anilines is 1. The zero-order valence-corrected chi connectivity index (χ0v) is 14.5. The number of carbonyl (C=O) groups is 1. The number of pyridine rings is 1. The average molecular weight is 349 g/mol. The highest BCUT2D eigenvalue weighted by Crippen LogP contribution is 2.38. The maximum Gasteiger partial charge on any atom is 0.217 e. The Morgan fingerprint density at radius 3 is 3.12 bits per heavy atom. The Morgan fingerprint density at radius 1 is 1.42 bits per heavy atom. The van der Waals surface area contributed by atoms with Gasteiger partial charge in [-0.25, -0.2) is 4.98 Å². The van der Waals surface area contributed by atoms with Crippen LogP contribution in [0, 0.1) is 11.3 Å². The highest BCUT2D eigenvalue weighted by atomic mass is 16.3. The molecule has 0 spiro atoms. The summed E-state index contributed by atoms with van der Waals surface area (Å²) in [6.07, 6.45) is 3.80. The van der Waals surface area contributed by atoms with E-state index in [1.54, 1.807) is 0 Å². The lowest BCUT2D eigenvalue weighted by atomic mass is 10.1. The van der Waals surface area contributed by atoms with Crippen LogP contribution in [0.4, 0.5) is 5.82 Å². The maximum atomic E-state index is 11.1. The first-order valence-electron chi connectivity index (χ1n) is 8.64. The van der Waals surface area contributed by atoms with E-state index in [1.165, 1.54) is 6.92 Å². The van der Waals surface area contributed by atoms with Gasteiger partial charge in [0.2, 0.25) is 5.91 Å². The fourth-order valence-corrected chi connectivity index (χ4v) is 3.48. The van der Waals surface area contributed by atoms with Crippen LogP contribution in [0.3, 0.4) is 0 Å². The van der Waals surface area contributed by atoms with Gasteiger partial charge in [-0.1, -0.05) is 6.07 Å². The largest absolute Gasteiger partial charge is 0.462 e. The number of hydrogen-bond donors (Lipinski definition) is 1. The third kappa shape index (κ3) is 2.80. The summed E-state index contributed by atoms with van der Waals surface area (Å²) in [5.74, 6) is 2.16. The Balaban J connectivity index is 1.65. The van der Waals surface area contributed by atoms with Gasteiger partial charge in [0.25, 0.3) is 0 Å². The van der Waals surface area contributed by atoms with E-state index in [9.17, 15) is 10.1 Å². The van der Waals surface area contributed by atoms with E-state index in [0.29, 0.717) is 18.1 Å². The fourth-order valence-electron chi connectivity index (χ4n) is 3.48. The molecule has 132 valence electrons. The Kier molecular flexibility index (Phi) is 4.09. The second-order valence-corrected chi connectivity index (χ2v) is 6.39. The van der Waals surface area contributed by atoms with Crippen LogP contribution in [0.2, 0.25) is 0 Å². The third-order valence-electron chi connectivity index (χ3n) is 4.66. The number of furan rings is 1. The third-order valence-corrected chi connectivity index (χ3v) is 4.66. The van der Waals surface area contributed by atoms with E-state index in [4.69, 9.17) is 4.42 Å². The van der Waals surface area contributed by atoms with Gasteiger partial charge in [-0.15, -0.1) is 0 Å². The number of hydrogen-bond acceptors (Lipinski definition) is 5. The molecule has 0 unspecified atom stereocenters. The van der Waals surface area contributed by atoms with Crippen LogP contribution >= 0.6 is 0 Å². The Hall–Kier alpha value is -3.27. The topological polar surface area (TPSA) is 86.6 Å². The molecule has 0 aliphatic carbocycles. The number of amides is 1. The zero-order chi connectivity index (χ0) is 18.1. The number of rotatable bonds is 4. The molecule has 1 aliphatic rings. The second-order valence-electron chi connectivity index (χ2n) is 6.39. The van der Waals surface area contributed by atoms with Crippen LogP contribution in [-0.2, 0) is 11.3 Å². The van der Waals surface area contributed by atoms with Gasteiger partial charge in [-0.3, -0.25) is 9.20 Å². The summed E-state index contributed by atoms with van der Waals surface area (Å²) in [4.78, 5) is 17.9. The lowest BCUT2D eigenvalue weighted by Gasteiger charge is -2.23. The highest BCUT2D eigenvalue weighted by Gasteiger charge is 2.32. The lowest BCUT2D eigenvalue weighted by Crippen LogP contribution is -2.23. The van der Waals surface area contributed by atoms with Gasteiger partial charge in [0.15, 0.2) is 11.5 Å². The van der Waals surface area contributed by atoms with Crippen molar-refractivity contribution >= 4 is 17.4 Å². The van der Waals surface area contributed by atoms with Crippen molar-refractivity contribution in [2.24, 2.45) is 0 Å². The molecule has 0 radical (unpaired) electrons. The van der Waals surface area contributed by atoms with Crippen LogP contribution < -0.4 is 10.2 Å². The van der Waals surface area contributed by atoms with Crippen LogP contribution in [0.15, 0.2) is 40.9 Å². The molecule has 3 aromatic rings. The molecule has 3 aromatic heterocycles. The zero-order valence-electron chi connectivity index (χ0n) is 14.5. The van der Waals surface area contributed by atoms with Gasteiger partial charge in [0.1, 0.15) is 23.2 Å². The van der Waals surface area contributed by atoms with Crippen molar-refractivity contribution in [2.75, 3.05) is 11.4 Å². The Morgan fingerprint density at radius 2 is 2.31 bits per heavy atom. The molecule has 26 heavy (non-hydrogen) atoms. The molecule has 1 fully saturated rings. The first kappa shape index (κ1) is 16.2. The molecule has 1 N–H and O–H groups in total. The summed E-state index contributed by atoms with van der Waals surface area (Å²) in [6, 6.07) is 11.9. The number of imidazole rings is 1. The molecule has 1 saturated heterocycles. The van der Waals surface area contributed by atoms with E-state index < -0.39 is 0 Å². The minimum Gasteiger partial charge on any atom is -0.462 e. The van der Waals surface area contributed by atoms with Gasteiger partial charge in [-0.2, -0.15) is 5.26 Å². The lowest BCUT2D eigenvalue weighted by molar-refractivity contribution is -0.119. The van der Waals surface area contributed by atoms with E-state index in [2.05, 4.69) is 21.3 Å². The molecule has 0 saturated carbocycles. The Bertz CT molecular complexity index is 997. The second kappa shape index (κ2) is 6.56. The fraction of sp³-hybridized carbons (Fsp3) is 0.316. The first-order valence-corrected chi connectivity index (χ1v) is 8.64. The van der Waals surface area contributed by atoms with Crippen molar-refractivity contribution in [1.82, 2.24) is 14.7 Å². The molecule has 0 aromatic carbocycles. The van der Waals surface area contributed by atoms with Gasteiger partial charge in [0, 0.05) is 19.7 Å². The highest BCUT2D eigenvalue weighted by molar-refractivity contribution is 5.72. The average Bonchev–Trinajstić information content (AvgIpc) is 3.36. The summed E-state index contributed by atoms with van der Waals surface area (Å²) in [5, 5.41) is 12.4. The quantitative estimate of drug-likeness (QED) is 0.783. The minimum atomic E-state index is -0.0891. The molecule has 1 atom stereocenters. The number of nitrogens with one attached hydrogen (secondary N) is 1. The molecular weight excluding hydrogens is 330 g/mol. The van der Waals surface area contributed by atoms with Crippen LogP contribution in [-0.4, -0.2) is 21.8 Å². The maximum absolute atomic E-state index is 11.1. The standard InChI is InChI=1S/C19H19N5O2/c1-13(25)21-12-14-7-8-17(26-14)15-5-4-10-24(15)19-16(11-20)23-9-3-2-6-18(23)22-19/h2-3,6-9,15H,4-5,10,12H2,1H3,(H,21,25)/t15-/m0/s1. The van der Waals surface area contributed by atoms with Crippen molar-refractivity contribution in [1.29, 1.82) is 5.26 Å². The molecule has 1 aliphatic heterocycles. The monoisotopic (exact) mass is 349 g/mol. The predicted octanol–water partition coefficient (Wildman–Crippen LogP) is 2.78. The van der Waals surface area contributed by atoms with Crippen molar-refractivity contribution in [3.8, 4) is 6.07 Å². The summed E-state index contributed by atoms with van der Waals surface area (Å²) >= 11 is 0. The van der Waals surface area contributed by atoms with Crippen LogP contribution in [0.1, 0.15) is 43.0 Å². The normalized spacial score (nSPS) is 16.8. The summed E-state index contributed by atoms with van der Waals surface area (Å²) in [5.41, 5.74) is 1.30. The molecule has 0 bridgehead atoms. The molecule has 4 rings (SSSR count). The molecule has 7 heteroatoms. The van der Waals surface area contributed by atoms with Crippen molar-refractivity contribution in [3.05, 3.63) is 53.7 Å². The van der Waals surface area contributed by atoms with Crippen LogP contribution in [0.25, 0.3) is 5.65 Å². The van der Waals surface area contributed by atoms with Gasteiger partial charge in [0.05, 0.1) is 12.6 Å². The SMILES string of the molecule is CC(=O)NCc1ccc([C@@H]2CCCN2c2nc3ccccn3c2C#N)o1.